The van der Waals surface area contributed by atoms with Crippen LogP contribution in [0, 0.1) is 0 Å². The van der Waals surface area contributed by atoms with Crippen LogP contribution in [0.15, 0.2) is 22.2 Å². The summed E-state index contributed by atoms with van der Waals surface area (Å²) in [6.07, 6.45) is -5.30. The van der Waals surface area contributed by atoms with Gasteiger partial charge in [0.1, 0.15) is 11.9 Å². The summed E-state index contributed by atoms with van der Waals surface area (Å²) in [5.74, 6) is -5.06. The molecule has 0 bridgehead atoms. The fourth-order valence-corrected chi connectivity index (χ4v) is 2.25. The summed E-state index contributed by atoms with van der Waals surface area (Å²) in [5, 5.41) is 12.3. The summed E-state index contributed by atoms with van der Waals surface area (Å²) in [4.78, 5) is 29.1. The number of nitrogens with two attached hydrogens (primary N) is 1. The summed E-state index contributed by atoms with van der Waals surface area (Å²) in [7, 11) is 0. The summed E-state index contributed by atoms with van der Waals surface area (Å²) in [6.45, 7) is -1.15. The number of hydrogen-bond donors (Lipinski definition) is 2. The molecule has 1 aromatic heterocycles. The number of nitrogens with zero attached hydrogens (tertiary/aromatic N) is 5. The zero-order valence-corrected chi connectivity index (χ0v) is 12.7. The van der Waals surface area contributed by atoms with Crippen LogP contribution in [0.1, 0.15) is 12.6 Å². The number of aliphatic hydroxyl groups excluding tert-OH is 1. The molecule has 1 unspecified atom stereocenters. The highest BCUT2D eigenvalue weighted by atomic mass is 19.3. The lowest BCUT2D eigenvalue weighted by atomic mass is 10.1. The molecule has 0 saturated carbocycles. The maximum absolute atomic E-state index is 14.6. The van der Waals surface area contributed by atoms with Crippen molar-refractivity contribution in [1.82, 2.24) is 9.55 Å². The van der Waals surface area contributed by atoms with Gasteiger partial charge in [0, 0.05) is 17.7 Å². The number of esters is 1. The molecule has 25 heavy (non-hydrogen) atoms. The first kappa shape index (κ1) is 18.6. The van der Waals surface area contributed by atoms with Crippen LogP contribution in [-0.4, -0.2) is 51.9 Å². The number of nitrogen functional groups attached to an aromatic ring is 1. The van der Waals surface area contributed by atoms with E-state index in [2.05, 4.69) is 19.7 Å². The van der Waals surface area contributed by atoms with Gasteiger partial charge in [0.15, 0.2) is 6.10 Å². The van der Waals surface area contributed by atoms with Gasteiger partial charge in [-0.15, -0.1) is 0 Å². The number of anilines is 1. The molecular formula is C12H14F2N6O5. The summed E-state index contributed by atoms with van der Waals surface area (Å²) < 4.78 is 39.4. The topological polar surface area (TPSA) is 165 Å². The van der Waals surface area contributed by atoms with Crippen molar-refractivity contribution >= 4 is 11.8 Å². The van der Waals surface area contributed by atoms with Crippen LogP contribution in [0.3, 0.4) is 0 Å². The van der Waals surface area contributed by atoms with Crippen molar-refractivity contribution in [3.8, 4) is 0 Å². The lowest BCUT2D eigenvalue weighted by Gasteiger charge is -2.23. The first-order valence-corrected chi connectivity index (χ1v) is 7.00. The maximum atomic E-state index is 14.6. The van der Waals surface area contributed by atoms with Gasteiger partial charge in [0.2, 0.25) is 6.23 Å². The van der Waals surface area contributed by atoms with Gasteiger partial charge in [0.25, 0.3) is 0 Å². The lowest BCUT2D eigenvalue weighted by molar-refractivity contribution is -0.176. The molecule has 1 aliphatic heterocycles. The normalized spacial score (nSPS) is 24.5. The van der Waals surface area contributed by atoms with E-state index >= 15 is 0 Å². The average Bonchev–Trinajstić information content (AvgIpc) is 2.79. The lowest BCUT2D eigenvalue weighted by Crippen LogP contribution is -2.44. The number of rotatable bonds is 6. The number of aromatic nitrogens is 2. The second-order valence-electron chi connectivity index (χ2n) is 5.04. The van der Waals surface area contributed by atoms with E-state index in [-0.39, 0.29) is 12.4 Å². The van der Waals surface area contributed by atoms with Crippen molar-refractivity contribution in [3.63, 3.8) is 0 Å². The Labute approximate surface area is 138 Å². The van der Waals surface area contributed by atoms with Crippen molar-refractivity contribution < 1.29 is 28.2 Å². The Kier molecular flexibility index (Phi) is 5.51. The number of ether oxygens (including phenoxy) is 2. The molecule has 1 saturated heterocycles. The fourth-order valence-electron chi connectivity index (χ4n) is 2.25. The quantitative estimate of drug-likeness (QED) is 0.311. The van der Waals surface area contributed by atoms with Gasteiger partial charge >= 0.3 is 17.6 Å². The molecule has 13 heteroatoms. The van der Waals surface area contributed by atoms with E-state index < -0.39 is 49.0 Å². The van der Waals surface area contributed by atoms with Crippen molar-refractivity contribution in [2.75, 3.05) is 18.9 Å². The Bertz CT molecular complexity index is 750. The summed E-state index contributed by atoms with van der Waals surface area (Å²) in [6, 6.07) is 1.12. The number of hydrogen-bond acceptors (Lipinski definition) is 8. The van der Waals surface area contributed by atoms with Crippen molar-refractivity contribution in [2.24, 2.45) is 5.11 Å². The number of halogens is 2. The number of aliphatic hydroxyl groups is 1. The van der Waals surface area contributed by atoms with Gasteiger partial charge in [-0.3, -0.25) is 9.36 Å². The van der Waals surface area contributed by atoms with E-state index in [1.54, 1.807) is 0 Å². The zero-order chi connectivity index (χ0) is 18.6. The van der Waals surface area contributed by atoms with E-state index in [0.29, 0.717) is 4.57 Å². The largest absolute Gasteiger partial charge is 0.453 e. The highest BCUT2D eigenvalue weighted by Gasteiger charge is 2.62. The van der Waals surface area contributed by atoms with E-state index in [4.69, 9.17) is 16.0 Å². The predicted molar refractivity (Wildman–Crippen MR) is 77.4 cm³/mol. The van der Waals surface area contributed by atoms with Gasteiger partial charge in [-0.2, -0.15) is 13.8 Å². The molecule has 0 aliphatic carbocycles. The third kappa shape index (κ3) is 3.84. The van der Waals surface area contributed by atoms with Crippen LogP contribution in [-0.2, 0) is 14.3 Å². The second kappa shape index (κ2) is 7.42. The van der Waals surface area contributed by atoms with E-state index in [1.807, 2.05) is 0 Å². The Morgan fingerprint density at radius 2 is 2.36 bits per heavy atom. The Hall–Kier alpha value is -2.76. The van der Waals surface area contributed by atoms with Gasteiger partial charge in [-0.05, 0) is 11.6 Å². The third-order valence-electron chi connectivity index (χ3n) is 3.37. The van der Waals surface area contributed by atoms with Gasteiger partial charge in [0.05, 0.1) is 13.0 Å². The number of carbonyl (C=O) groups is 1. The van der Waals surface area contributed by atoms with E-state index in [9.17, 15) is 23.5 Å². The monoisotopic (exact) mass is 360 g/mol. The van der Waals surface area contributed by atoms with Gasteiger partial charge < -0.3 is 20.3 Å². The predicted octanol–water partition coefficient (Wildman–Crippen LogP) is -0.0373. The van der Waals surface area contributed by atoms with Crippen molar-refractivity contribution in [3.05, 3.63) is 33.2 Å². The van der Waals surface area contributed by atoms with Crippen molar-refractivity contribution in [1.29, 1.82) is 0 Å². The number of azide groups is 1. The molecular weight excluding hydrogens is 346 g/mol. The molecule has 0 spiro atoms. The first-order valence-electron chi connectivity index (χ1n) is 7.00. The molecule has 1 fully saturated rings. The molecule has 2 rings (SSSR count). The maximum Gasteiger partial charge on any atom is 0.351 e. The molecule has 2 heterocycles. The smallest absolute Gasteiger partial charge is 0.351 e. The molecule has 1 aliphatic rings. The minimum absolute atomic E-state index is 0.165. The standard InChI is InChI=1S/C12H14F2N6O5/c13-12(14)9(25-8(22)1-3-17-19-16)6(5-21)24-10(12)20-4-2-7(15)18-11(20)23/h2,4,6,9-10,21H,1,3,5H2,(H2,15,18,23)/t6-,9?,10-/m1/s1. The molecule has 136 valence electrons. The Morgan fingerprint density at radius 3 is 2.96 bits per heavy atom. The van der Waals surface area contributed by atoms with E-state index in [1.165, 1.54) is 0 Å². The zero-order valence-electron chi connectivity index (χ0n) is 12.7. The first-order chi connectivity index (χ1) is 11.8. The van der Waals surface area contributed by atoms with E-state index in [0.717, 1.165) is 12.3 Å². The second-order valence-corrected chi connectivity index (χ2v) is 5.04. The third-order valence-corrected chi connectivity index (χ3v) is 3.37. The van der Waals surface area contributed by atoms with Gasteiger partial charge in [-0.25, -0.2) is 4.79 Å². The molecule has 0 amide bonds. The summed E-state index contributed by atoms with van der Waals surface area (Å²) >= 11 is 0. The number of alkyl halides is 2. The molecule has 1 aromatic rings. The molecule has 0 aromatic carbocycles. The number of carbonyl (C=O) groups excluding carboxylic acids is 1. The van der Waals surface area contributed by atoms with Gasteiger partial charge in [-0.1, -0.05) is 5.11 Å². The molecule has 3 atom stereocenters. The summed E-state index contributed by atoms with van der Waals surface area (Å²) in [5.41, 5.74) is 12.3. The van der Waals surface area contributed by atoms with Crippen molar-refractivity contribution in [2.45, 2.75) is 30.8 Å². The Morgan fingerprint density at radius 1 is 1.64 bits per heavy atom. The van der Waals surface area contributed by atoms with Crippen LogP contribution in [0.5, 0.6) is 0 Å². The Balaban J connectivity index is 2.24. The van der Waals surface area contributed by atoms with Crippen LogP contribution in [0.2, 0.25) is 0 Å². The van der Waals surface area contributed by atoms with Crippen LogP contribution < -0.4 is 11.4 Å². The van der Waals surface area contributed by atoms with Crippen LogP contribution in [0.25, 0.3) is 10.4 Å². The minimum Gasteiger partial charge on any atom is -0.453 e. The van der Waals surface area contributed by atoms with Crippen LogP contribution in [0.4, 0.5) is 14.6 Å². The molecule has 3 N–H and O–H groups in total. The SMILES string of the molecule is [N-]=[N+]=NCCC(=O)OC1[C@@H](CO)O[C@@H](n2ccc(N)nc2=O)C1(F)F. The highest BCUT2D eigenvalue weighted by molar-refractivity contribution is 5.70. The molecule has 0 radical (unpaired) electrons. The van der Waals surface area contributed by atoms with Crippen LogP contribution >= 0.6 is 0 Å². The highest BCUT2D eigenvalue weighted by Crippen LogP contribution is 2.43. The average molecular weight is 360 g/mol. The molecule has 11 nitrogen and oxygen atoms in total. The minimum atomic E-state index is -3.83. The fraction of sp³-hybridized carbons (Fsp3) is 0.583.